The molecule has 1 atom stereocenters. The second-order valence-electron chi connectivity index (χ2n) is 3.77. The highest BCUT2D eigenvalue weighted by atomic mass is 32.2. The Morgan fingerprint density at radius 1 is 1.38 bits per heavy atom. The van der Waals surface area contributed by atoms with Gasteiger partial charge in [-0.1, -0.05) is 6.92 Å². The summed E-state index contributed by atoms with van der Waals surface area (Å²) < 4.78 is 0. The van der Waals surface area contributed by atoms with Crippen molar-refractivity contribution in [3.63, 3.8) is 0 Å². The van der Waals surface area contributed by atoms with Crippen molar-refractivity contribution in [1.29, 1.82) is 0 Å². The minimum atomic E-state index is 0.450. The predicted molar refractivity (Wildman–Crippen MR) is 56.6 cm³/mol. The van der Waals surface area contributed by atoms with Gasteiger partial charge in [0.2, 0.25) is 0 Å². The lowest BCUT2D eigenvalue weighted by atomic mass is 10.0. The summed E-state index contributed by atoms with van der Waals surface area (Å²) in [6.45, 7) is 6.31. The van der Waals surface area contributed by atoms with Gasteiger partial charge in [-0.2, -0.15) is 0 Å². The molecule has 1 aromatic rings. The SMILES string of the molecule is Cc1c(O)cc2c(c1C)SC(C)C2. The van der Waals surface area contributed by atoms with E-state index in [0.717, 1.165) is 12.0 Å². The summed E-state index contributed by atoms with van der Waals surface area (Å²) in [5, 5.41) is 10.3. The Morgan fingerprint density at radius 2 is 2.08 bits per heavy atom. The van der Waals surface area contributed by atoms with E-state index in [2.05, 4.69) is 13.8 Å². The molecular formula is C11H14OS. The van der Waals surface area contributed by atoms with Gasteiger partial charge in [0, 0.05) is 10.1 Å². The summed E-state index contributed by atoms with van der Waals surface area (Å²) in [5.74, 6) is 0.450. The van der Waals surface area contributed by atoms with E-state index in [1.54, 1.807) is 0 Å². The third kappa shape index (κ3) is 1.33. The average Bonchev–Trinajstić information content (AvgIpc) is 2.42. The number of thioether (sulfide) groups is 1. The predicted octanol–water partition coefficient (Wildman–Crippen LogP) is 3.05. The maximum Gasteiger partial charge on any atom is 0.119 e. The molecule has 13 heavy (non-hydrogen) atoms. The number of aromatic hydroxyl groups is 1. The molecule has 0 radical (unpaired) electrons. The minimum absolute atomic E-state index is 0.450. The largest absolute Gasteiger partial charge is 0.508 e. The van der Waals surface area contributed by atoms with Crippen LogP contribution in [0.2, 0.25) is 0 Å². The van der Waals surface area contributed by atoms with E-state index in [9.17, 15) is 5.11 Å². The summed E-state index contributed by atoms with van der Waals surface area (Å²) >= 11 is 1.93. The summed E-state index contributed by atoms with van der Waals surface area (Å²) in [5.41, 5.74) is 3.60. The van der Waals surface area contributed by atoms with Gasteiger partial charge in [-0.25, -0.2) is 0 Å². The van der Waals surface area contributed by atoms with Crippen LogP contribution in [-0.4, -0.2) is 10.4 Å². The van der Waals surface area contributed by atoms with Gasteiger partial charge >= 0.3 is 0 Å². The highest BCUT2D eigenvalue weighted by Gasteiger charge is 2.22. The summed E-state index contributed by atoms with van der Waals surface area (Å²) in [4.78, 5) is 1.39. The van der Waals surface area contributed by atoms with Gasteiger partial charge in [0.25, 0.3) is 0 Å². The lowest BCUT2D eigenvalue weighted by Gasteiger charge is -2.08. The molecule has 2 heteroatoms. The van der Waals surface area contributed by atoms with Crippen molar-refractivity contribution in [3.8, 4) is 5.75 Å². The van der Waals surface area contributed by atoms with E-state index >= 15 is 0 Å². The van der Waals surface area contributed by atoms with Crippen molar-refractivity contribution in [1.82, 2.24) is 0 Å². The van der Waals surface area contributed by atoms with Crippen LogP contribution in [0.3, 0.4) is 0 Å². The van der Waals surface area contributed by atoms with Gasteiger partial charge in [0.1, 0.15) is 5.75 Å². The van der Waals surface area contributed by atoms with E-state index in [-0.39, 0.29) is 0 Å². The first-order valence-corrected chi connectivity index (χ1v) is 5.46. The minimum Gasteiger partial charge on any atom is -0.508 e. The quantitative estimate of drug-likeness (QED) is 0.685. The average molecular weight is 194 g/mol. The molecule has 0 saturated heterocycles. The van der Waals surface area contributed by atoms with Crippen LogP contribution in [0.15, 0.2) is 11.0 Å². The van der Waals surface area contributed by atoms with Crippen LogP contribution < -0.4 is 0 Å². The molecule has 0 aliphatic carbocycles. The zero-order valence-corrected chi connectivity index (χ0v) is 9.03. The topological polar surface area (TPSA) is 20.2 Å². The fourth-order valence-electron chi connectivity index (χ4n) is 1.81. The van der Waals surface area contributed by atoms with Crippen LogP contribution in [0.4, 0.5) is 0 Å². The fraction of sp³-hybridized carbons (Fsp3) is 0.455. The Labute approximate surface area is 83.2 Å². The molecule has 70 valence electrons. The van der Waals surface area contributed by atoms with Crippen molar-refractivity contribution in [3.05, 3.63) is 22.8 Å². The van der Waals surface area contributed by atoms with E-state index in [1.165, 1.54) is 16.0 Å². The highest BCUT2D eigenvalue weighted by molar-refractivity contribution is 8.00. The summed E-state index contributed by atoms with van der Waals surface area (Å²) in [6, 6.07) is 1.92. The van der Waals surface area contributed by atoms with Crippen molar-refractivity contribution >= 4 is 11.8 Å². The Balaban J connectivity index is 2.60. The first-order chi connectivity index (χ1) is 6.09. The molecule has 1 heterocycles. The van der Waals surface area contributed by atoms with E-state index in [1.807, 2.05) is 24.8 Å². The van der Waals surface area contributed by atoms with Crippen LogP contribution in [0.5, 0.6) is 5.75 Å². The van der Waals surface area contributed by atoms with E-state index < -0.39 is 0 Å². The van der Waals surface area contributed by atoms with Gasteiger partial charge < -0.3 is 5.11 Å². The van der Waals surface area contributed by atoms with Gasteiger partial charge in [-0.3, -0.25) is 0 Å². The second-order valence-corrected chi connectivity index (χ2v) is 5.22. The highest BCUT2D eigenvalue weighted by Crippen LogP contribution is 2.42. The molecule has 1 unspecified atom stereocenters. The van der Waals surface area contributed by atoms with Crippen LogP contribution in [0.25, 0.3) is 0 Å². The summed E-state index contributed by atoms with van der Waals surface area (Å²) in [7, 11) is 0. The van der Waals surface area contributed by atoms with Crippen LogP contribution >= 0.6 is 11.8 Å². The van der Waals surface area contributed by atoms with Crippen molar-refractivity contribution in [2.24, 2.45) is 0 Å². The van der Waals surface area contributed by atoms with Crippen LogP contribution in [0, 0.1) is 13.8 Å². The molecule has 2 rings (SSSR count). The van der Waals surface area contributed by atoms with Gasteiger partial charge in [-0.05, 0) is 43.0 Å². The number of fused-ring (bicyclic) bond motifs is 1. The zero-order chi connectivity index (χ0) is 9.59. The number of benzene rings is 1. The molecule has 0 aromatic heterocycles. The normalized spacial score (nSPS) is 20.4. The first-order valence-electron chi connectivity index (χ1n) is 4.58. The molecule has 0 spiro atoms. The lowest BCUT2D eigenvalue weighted by Crippen LogP contribution is -1.91. The van der Waals surface area contributed by atoms with Gasteiger partial charge in [0.15, 0.2) is 0 Å². The maximum absolute atomic E-state index is 9.64. The van der Waals surface area contributed by atoms with Crippen molar-refractivity contribution in [2.75, 3.05) is 0 Å². The lowest BCUT2D eigenvalue weighted by molar-refractivity contribution is 0.469. The smallest absolute Gasteiger partial charge is 0.119 e. The molecule has 1 aliphatic rings. The molecule has 1 nitrogen and oxygen atoms in total. The standard InChI is InChI=1S/C11H14OS/c1-6-4-9-5-10(12)7(2)8(3)11(9)13-6/h5-6,12H,4H2,1-3H3. The zero-order valence-electron chi connectivity index (χ0n) is 8.22. The molecule has 1 aromatic carbocycles. The maximum atomic E-state index is 9.64. The van der Waals surface area contributed by atoms with E-state index in [4.69, 9.17) is 0 Å². The Morgan fingerprint density at radius 3 is 2.77 bits per heavy atom. The molecule has 0 amide bonds. The number of hydrogen-bond donors (Lipinski definition) is 1. The van der Waals surface area contributed by atoms with Crippen molar-refractivity contribution < 1.29 is 5.11 Å². The number of phenolic OH excluding ortho intramolecular Hbond substituents is 1. The van der Waals surface area contributed by atoms with E-state index in [0.29, 0.717) is 11.0 Å². The Hall–Kier alpha value is -0.630. The van der Waals surface area contributed by atoms with Gasteiger partial charge in [0.05, 0.1) is 0 Å². The number of hydrogen-bond acceptors (Lipinski definition) is 2. The van der Waals surface area contributed by atoms with Crippen LogP contribution in [0.1, 0.15) is 23.6 Å². The number of phenols is 1. The Bertz CT molecular complexity index is 358. The number of rotatable bonds is 0. The molecule has 0 saturated carbocycles. The monoisotopic (exact) mass is 194 g/mol. The second kappa shape index (κ2) is 2.95. The third-order valence-electron chi connectivity index (χ3n) is 2.72. The van der Waals surface area contributed by atoms with Gasteiger partial charge in [-0.15, -0.1) is 11.8 Å². The third-order valence-corrected chi connectivity index (χ3v) is 4.09. The molecule has 0 bridgehead atoms. The Kier molecular flexibility index (Phi) is 2.03. The molecule has 1 N–H and O–H groups in total. The van der Waals surface area contributed by atoms with Crippen LogP contribution in [-0.2, 0) is 6.42 Å². The van der Waals surface area contributed by atoms with Crippen molar-refractivity contribution in [2.45, 2.75) is 37.3 Å². The molecule has 1 aliphatic heterocycles. The fourth-order valence-corrected chi connectivity index (χ4v) is 3.10. The molecular weight excluding hydrogens is 180 g/mol. The first kappa shape index (κ1) is 8.95. The molecule has 0 fully saturated rings. The summed E-state index contributed by atoms with van der Waals surface area (Å²) in [6.07, 6.45) is 1.09.